The zero-order valence-corrected chi connectivity index (χ0v) is 11.5. The van der Waals surface area contributed by atoms with Crippen molar-refractivity contribution in [2.45, 2.75) is 38.5 Å². The van der Waals surface area contributed by atoms with Gasteiger partial charge in [0.15, 0.2) is 9.84 Å². The van der Waals surface area contributed by atoms with Gasteiger partial charge >= 0.3 is 0 Å². The Hall–Kier alpha value is -0.140. The van der Waals surface area contributed by atoms with Crippen molar-refractivity contribution in [2.24, 2.45) is 0 Å². The molecule has 0 aromatic carbocycles. The van der Waals surface area contributed by atoms with Gasteiger partial charge in [0.2, 0.25) is 10.0 Å². The highest BCUT2D eigenvalue weighted by Gasteiger charge is 2.38. The van der Waals surface area contributed by atoms with Gasteiger partial charge in [-0.15, -0.1) is 0 Å². The quantitative estimate of drug-likeness (QED) is 0.732. The molecule has 0 aromatic rings. The topological polar surface area (TPSA) is 71.5 Å². The molecule has 0 aromatic heterocycles. The van der Waals surface area contributed by atoms with Crippen LogP contribution in [0.15, 0.2) is 0 Å². The maximum Gasteiger partial charge on any atom is 0.216 e. The van der Waals surface area contributed by atoms with E-state index in [-0.39, 0.29) is 17.5 Å². The predicted molar refractivity (Wildman–Crippen MR) is 63.5 cm³/mol. The average Bonchev–Trinajstić information content (AvgIpc) is 2.46. The van der Waals surface area contributed by atoms with E-state index in [9.17, 15) is 16.8 Å². The van der Waals surface area contributed by atoms with E-state index in [1.165, 1.54) is 4.31 Å². The van der Waals surface area contributed by atoms with Gasteiger partial charge in [-0.1, -0.05) is 6.92 Å². The fourth-order valence-corrected chi connectivity index (χ4v) is 5.24. The number of sulfonamides is 1. The van der Waals surface area contributed by atoms with Crippen molar-refractivity contribution in [3.63, 3.8) is 0 Å². The van der Waals surface area contributed by atoms with Crippen molar-refractivity contribution in [2.75, 3.05) is 18.1 Å². The maximum atomic E-state index is 12.0. The van der Waals surface area contributed by atoms with Crippen LogP contribution in [-0.2, 0) is 19.9 Å². The van der Waals surface area contributed by atoms with Crippen LogP contribution >= 0.6 is 0 Å². The molecular formula is C9H19NO4S2. The first-order valence-electron chi connectivity index (χ1n) is 5.42. The van der Waals surface area contributed by atoms with Gasteiger partial charge in [0.1, 0.15) is 0 Å². The van der Waals surface area contributed by atoms with Crippen molar-refractivity contribution >= 4 is 19.9 Å². The number of hydrogen-bond acceptors (Lipinski definition) is 4. The molecule has 0 N–H and O–H groups in total. The molecule has 0 spiro atoms. The first-order chi connectivity index (χ1) is 7.20. The minimum absolute atomic E-state index is 0.0349. The van der Waals surface area contributed by atoms with Crippen molar-refractivity contribution in [1.29, 1.82) is 0 Å². The number of hydrogen-bond donors (Lipinski definition) is 0. The zero-order chi connectivity index (χ0) is 12.6. The highest BCUT2D eigenvalue weighted by molar-refractivity contribution is 7.92. The van der Waals surface area contributed by atoms with Crippen molar-refractivity contribution in [3.8, 4) is 0 Å². The third-order valence-electron chi connectivity index (χ3n) is 2.85. The lowest BCUT2D eigenvalue weighted by molar-refractivity contribution is 0.351. The Morgan fingerprint density at radius 3 is 2.25 bits per heavy atom. The third-order valence-corrected chi connectivity index (χ3v) is 7.00. The van der Waals surface area contributed by atoms with Gasteiger partial charge in [-0.05, 0) is 20.3 Å². The minimum atomic E-state index is -3.35. The fraction of sp³-hybridized carbons (Fsp3) is 1.00. The summed E-state index contributed by atoms with van der Waals surface area (Å²) in [5, 5.41) is -0.504. The smallest absolute Gasteiger partial charge is 0.216 e. The second-order valence-electron chi connectivity index (χ2n) is 4.35. The van der Waals surface area contributed by atoms with E-state index in [2.05, 4.69) is 0 Å². The van der Waals surface area contributed by atoms with E-state index in [4.69, 9.17) is 0 Å². The first-order valence-corrected chi connectivity index (χ1v) is 8.74. The number of rotatable bonds is 4. The summed E-state index contributed by atoms with van der Waals surface area (Å²) in [6.07, 6.45) is 0.419. The number of sulfone groups is 1. The standard InChI is InChI=1S/C9H19NO4S2/c1-4-10(16(13,14)8(2)3)9-5-6-15(11,12)7-9/h8-9H,4-7H2,1-3H3. The summed E-state index contributed by atoms with van der Waals surface area (Å²) in [7, 11) is -6.40. The molecule has 7 heteroatoms. The van der Waals surface area contributed by atoms with Crippen LogP contribution in [0.4, 0.5) is 0 Å². The molecular weight excluding hydrogens is 250 g/mol. The summed E-state index contributed by atoms with van der Waals surface area (Å²) in [5.41, 5.74) is 0. The van der Waals surface area contributed by atoms with E-state index in [0.29, 0.717) is 13.0 Å². The van der Waals surface area contributed by atoms with Crippen LogP contribution < -0.4 is 0 Å². The summed E-state index contributed by atoms with van der Waals surface area (Å²) >= 11 is 0. The minimum Gasteiger partial charge on any atom is -0.229 e. The first kappa shape index (κ1) is 13.9. The summed E-state index contributed by atoms with van der Waals surface area (Å²) in [6, 6.07) is -0.373. The molecule has 1 fully saturated rings. The summed E-state index contributed by atoms with van der Waals surface area (Å²) < 4.78 is 48.0. The number of nitrogens with zero attached hydrogens (tertiary/aromatic N) is 1. The Morgan fingerprint density at radius 1 is 1.38 bits per heavy atom. The third kappa shape index (κ3) is 2.75. The van der Waals surface area contributed by atoms with Crippen molar-refractivity contribution < 1.29 is 16.8 Å². The van der Waals surface area contributed by atoms with Gasteiger partial charge in [0, 0.05) is 12.6 Å². The Morgan fingerprint density at radius 2 is 1.94 bits per heavy atom. The van der Waals surface area contributed by atoms with Crippen LogP contribution in [-0.4, -0.2) is 50.5 Å². The van der Waals surface area contributed by atoms with Gasteiger partial charge in [0.05, 0.1) is 16.8 Å². The van der Waals surface area contributed by atoms with Crippen LogP contribution in [0, 0.1) is 0 Å². The zero-order valence-electron chi connectivity index (χ0n) is 9.88. The summed E-state index contributed by atoms with van der Waals surface area (Å²) in [6.45, 7) is 5.30. The summed E-state index contributed by atoms with van der Waals surface area (Å²) in [4.78, 5) is 0. The highest BCUT2D eigenvalue weighted by atomic mass is 32.2. The Balaban J connectivity index is 2.94. The van der Waals surface area contributed by atoms with Gasteiger partial charge in [-0.2, -0.15) is 4.31 Å². The second kappa shape index (κ2) is 4.62. The lowest BCUT2D eigenvalue weighted by Crippen LogP contribution is -2.44. The van der Waals surface area contributed by atoms with E-state index in [1.807, 2.05) is 0 Å². The molecule has 0 saturated carbocycles. The van der Waals surface area contributed by atoms with E-state index in [1.54, 1.807) is 20.8 Å². The van der Waals surface area contributed by atoms with Crippen molar-refractivity contribution in [1.82, 2.24) is 4.31 Å². The molecule has 96 valence electrons. The SMILES string of the molecule is CCN(C1CCS(=O)(=O)C1)S(=O)(=O)C(C)C. The molecule has 1 unspecified atom stereocenters. The normalized spacial score (nSPS) is 25.4. The van der Waals surface area contributed by atoms with Gasteiger partial charge < -0.3 is 0 Å². The molecule has 1 saturated heterocycles. The Labute approximate surface area is 97.8 Å². The molecule has 1 heterocycles. The molecule has 1 rings (SSSR count). The molecule has 16 heavy (non-hydrogen) atoms. The molecule has 0 amide bonds. The van der Waals surface area contributed by atoms with Crippen LogP contribution in [0.1, 0.15) is 27.2 Å². The lowest BCUT2D eigenvalue weighted by Gasteiger charge is -2.27. The van der Waals surface area contributed by atoms with E-state index >= 15 is 0 Å². The molecule has 1 aliphatic rings. The van der Waals surface area contributed by atoms with Crippen LogP contribution in [0.5, 0.6) is 0 Å². The van der Waals surface area contributed by atoms with Crippen molar-refractivity contribution in [3.05, 3.63) is 0 Å². The monoisotopic (exact) mass is 269 g/mol. The van der Waals surface area contributed by atoms with Crippen LogP contribution in [0.3, 0.4) is 0 Å². The lowest BCUT2D eigenvalue weighted by atomic mass is 10.3. The largest absolute Gasteiger partial charge is 0.229 e. The Kier molecular flexibility index (Phi) is 4.02. The molecule has 1 aliphatic heterocycles. The van der Waals surface area contributed by atoms with Gasteiger partial charge in [-0.3, -0.25) is 0 Å². The second-order valence-corrected chi connectivity index (χ2v) is 9.02. The average molecular weight is 269 g/mol. The van der Waals surface area contributed by atoms with Gasteiger partial charge in [0.25, 0.3) is 0 Å². The molecule has 0 aliphatic carbocycles. The van der Waals surface area contributed by atoms with Crippen LogP contribution in [0.2, 0.25) is 0 Å². The predicted octanol–water partition coefficient (Wildman–Crippen LogP) is 0.234. The Bertz CT molecular complexity index is 438. The van der Waals surface area contributed by atoms with E-state index < -0.39 is 25.1 Å². The molecule has 5 nitrogen and oxygen atoms in total. The summed E-state index contributed by atoms with van der Waals surface area (Å²) in [5.74, 6) is 0.0641. The molecule has 0 radical (unpaired) electrons. The van der Waals surface area contributed by atoms with Crippen LogP contribution in [0.25, 0.3) is 0 Å². The van der Waals surface area contributed by atoms with Gasteiger partial charge in [-0.25, -0.2) is 16.8 Å². The maximum absolute atomic E-state index is 12.0. The molecule has 1 atom stereocenters. The fourth-order valence-electron chi connectivity index (χ4n) is 1.92. The van der Waals surface area contributed by atoms with E-state index in [0.717, 1.165) is 0 Å². The highest BCUT2D eigenvalue weighted by Crippen LogP contribution is 2.22. The molecule has 0 bridgehead atoms.